The maximum Gasteiger partial charge on any atom is 0.335 e. The largest absolute Gasteiger partial charge is 0.508 e. The van der Waals surface area contributed by atoms with Crippen LogP contribution in [0.25, 0.3) is 0 Å². The van der Waals surface area contributed by atoms with Crippen molar-refractivity contribution in [3.8, 4) is 5.75 Å². The van der Waals surface area contributed by atoms with Crippen LogP contribution >= 0.6 is 0 Å². The highest BCUT2D eigenvalue weighted by molar-refractivity contribution is 5.88. The van der Waals surface area contributed by atoms with E-state index in [0.717, 1.165) is 31.2 Å². The average Bonchev–Trinajstić information content (AvgIpc) is 2.99. The standard InChI is InChI=1S/C27H40O4/c1-17-8-12-25(3)21(10-13-27(5)22(25)9-11-24(27,2)16-28)26(17,4)15-19-14-18(23(30)31)6-7-20(19)29/h6-7,14,17,21-22,28-29H,8-13,15-16H2,1-5H3,(H,30,31). The first-order valence-corrected chi connectivity index (χ1v) is 12.1. The van der Waals surface area contributed by atoms with Crippen LogP contribution in [0.2, 0.25) is 0 Å². The highest BCUT2D eigenvalue weighted by Crippen LogP contribution is 2.73. The molecule has 7 unspecified atom stereocenters. The first kappa shape index (κ1) is 22.6. The van der Waals surface area contributed by atoms with Gasteiger partial charge in [0.05, 0.1) is 5.56 Å². The smallest absolute Gasteiger partial charge is 0.335 e. The summed E-state index contributed by atoms with van der Waals surface area (Å²) in [6.45, 7) is 12.2. The van der Waals surface area contributed by atoms with Crippen LogP contribution in [-0.2, 0) is 6.42 Å². The molecule has 0 aliphatic heterocycles. The molecule has 4 rings (SSSR count). The number of hydrogen-bond acceptors (Lipinski definition) is 3. The first-order chi connectivity index (χ1) is 14.4. The molecule has 3 N–H and O–H groups in total. The topological polar surface area (TPSA) is 77.8 Å². The number of carboxylic acid groups (broad SMARTS) is 1. The normalized spacial score (nSPS) is 44.5. The third-order valence-corrected chi connectivity index (χ3v) is 11.0. The summed E-state index contributed by atoms with van der Waals surface area (Å²) in [5.41, 5.74) is 1.38. The molecule has 0 aromatic heterocycles. The zero-order valence-corrected chi connectivity index (χ0v) is 19.9. The van der Waals surface area contributed by atoms with E-state index in [0.29, 0.717) is 24.2 Å². The number of phenols is 1. The van der Waals surface area contributed by atoms with E-state index in [2.05, 4.69) is 34.6 Å². The second kappa shape index (κ2) is 7.23. The van der Waals surface area contributed by atoms with Crippen molar-refractivity contribution < 1.29 is 20.1 Å². The molecule has 1 aromatic carbocycles. The number of phenolic OH excluding ortho intramolecular Hbond substituents is 1. The zero-order valence-electron chi connectivity index (χ0n) is 19.9. The predicted octanol–water partition coefficient (Wildman–Crippen LogP) is 5.90. The maximum absolute atomic E-state index is 11.5. The van der Waals surface area contributed by atoms with Crippen LogP contribution in [0, 0.1) is 39.4 Å². The van der Waals surface area contributed by atoms with Gasteiger partial charge < -0.3 is 15.3 Å². The third-order valence-electron chi connectivity index (χ3n) is 11.0. The van der Waals surface area contributed by atoms with Crippen molar-refractivity contribution >= 4 is 5.97 Å². The Morgan fingerprint density at radius 3 is 2.35 bits per heavy atom. The van der Waals surface area contributed by atoms with Crippen LogP contribution in [0.15, 0.2) is 18.2 Å². The first-order valence-electron chi connectivity index (χ1n) is 12.1. The van der Waals surface area contributed by atoms with E-state index in [4.69, 9.17) is 0 Å². The molecule has 0 heterocycles. The minimum Gasteiger partial charge on any atom is -0.508 e. The molecule has 4 nitrogen and oxygen atoms in total. The van der Waals surface area contributed by atoms with Gasteiger partial charge in [0, 0.05) is 6.61 Å². The number of aliphatic hydroxyl groups excluding tert-OH is 1. The highest BCUT2D eigenvalue weighted by Gasteiger charge is 2.66. The van der Waals surface area contributed by atoms with Crippen molar-refractivity contribution in [3.63, 3.8) is 0 Å². The van der Waals surface area contributed by atoms with Gasteiger partial charge >= 0.3 is 5.97 Å². The van der Waals surface area contributed by atoms with Gasteiger partial charge in [-0.15, -0.1) is 0 Å². The summed E-state index contributed by atoms with van der Waals surface area (Å²) in [4.78, 5) is 11.5. The lowest BCUT2D eigenvalue weighted by atomic mass is 9.39. The van der Waals surface area contributed by atoms with E-state index in [9.17, 15) is 20.1 Å². The van der Waals surface area contributed by atoms with Crippen molar-refractivity contribution in [1.29, 1.82) is 0 Å². The predicted molar refractivity (Wildman–Crippen MR) is 122 cm³/mol. The van der Waals surface area contributed by atoms with Crippen LogP contribution in [0.1, 0.15) is 89.1 Å². The molecule has 0 radical (unpaired) electrons. The second-order valence-electron chi connectivity index (χ2n) is 12.1. The van der Waals surface area contributed by atoms with E-state index < -0.39 is 5.97 Å². The van der Waals surface area contributed by atoms with Gasteiger partial charge in [-0.1, -0.05) is 34.6 Å². The molecule has 1 aromatic rings. The lowest BCUT2D eigenvalue weighted by Gasteiger charge is -2.65. The summed E-state index contributed by atoms with van der Waals surface area (Å²) in [6.07, 6.45) is 7.65. The molecule has 3 aliphatic rings. The van der Waals surface area contributed by atoms with Gasteiger partial charge in [0.2, 0.25) is 0 Å². The maximum atomic E-state index is 11.5. The SMILES string of the molecule is CC1CCC2(C)C(CCC3(C)C2CCC3(C)CO)C1(C)Cc1cc(C(=O)O)ccc1O. The third kappa shape index (κ3) is 3.08. The van der Waals surface area contributed by atoms with Gasteiger partial charge in [-0.2, -0.15) is 0 Å². The summed E-state index contributed by atoms with van der Waals surface area (Å²) >= 11 is 0. The van der Waals surface area contributed by atoms with Crippen molar-refractivity contribution in [1.82, 2.24) is 0 Å². The Bertz CT molecular complexity index is 880. The van der Waals surface area contributed by atoms with E-state index in [1.165, 1.54) is 25.0 Å². The number of hydrogen-bond donors (Lipinski definition) is 3. The number of aliphatic hydroxyl groups is 1. The molecular weight excluding hydrogens is 388 g/mol. The minimum absolute atomic E-state index is 0.000795. The van der Waals surface area contributed by atoms with Gasteiger partial charge in [0.15, 0.2) is 0 Å². The van der Waals surface area contributed by atoms with Crippen molar-refractivity contribution in [2.75, 3.05) is 6.61 Å². The fourth-order valence-corrected chi connectivity index (χ4v) is 8.50. The number of carboxylic acids is 1. The summed E-state index contributed by atoms with van der Waals surface area (Å²) in [6, 6.07) is 4.70. The Morgan fingerprint density at radius 2 is 1.71 bits per heavy atom. The Hall–Kier alpha value is -1.55. The van der Waals surface area contributed by atoms with Gasteiger partial charge in [-0.3, -0.25) is 0 Å². The zero-order chi connectivity index (χ0) is 22.8. The second-order valence-corrected chi connectivity index (χ2v) is 12.1. The molecule has 172 valence electrons. The molecular formula is C27H40O4. The van der Waals surface area contributed by atoms with E-state index in [-0.39, 0.29) is 39.6 Å². The molecule has 3 fully saturated rings. The molecule has 31 heavy (non-hydrogen) atoms. The molecule has 0 bridgehead atoms. The summed E-state index contributed by atoms with van der Waals surface area (Å²) in [5, 5.41) is 30.3. The Kier molecular flexibility index (Phi) is 5.28. The quantitative estimate of drug-likeness (QED) is 0.558. The fraction of sp³-hybridized carbons (Fsp3) is 0.741. The summed E-state index contributed by atoms with van der Waals surface area (Å²) in [7, 11) is 0. The monoisotopic (exact) mass is 428 g/mol. The van der Waals surface area contributed by atoms with Gasteiger partial charge in [0.1, 0.15) is 5.75 Å². The number of carbonyl (C=O) groups is 1. The number of fused-ring (bicyclic) bond motifs is 3. The molecule has 3 aliphatic carbocycles. The van der Waals surface area contributed by atoms with Crippen LogP contribution in [0.4, 0.5) is 0 Å². The number of aromatic carboxylic acids is 1. The summed E-state index contributed by atoms with van der Waals surface area (Å²) < 4.78 is 0. The van der Waals surface area contributed by atoms with Crippen molar-refractivity contribution in [2.24, 2.45) is 39.4 Å². The summed E-state index contributed by atoms with van der Waals surface area (Å²) in [5.74, 6) is 0.890. The minimum atomic E-state index is -0.949. The Labute approximate surface area is 187 Å². The van der Waals surface area contributed by atoms with E-state index in [1.54, 1.807) is 6.07 Å². The molecule has 3 saturated carbocycles. The van der Waals surface area contributed by atoms with Crippen LogP contribution in [-0.4, -0.2) is 27.9 Å². The average molecular weight is 429 g/mol. The van der Waals surface area contributed by atoms with E-state index in [1.807, 2.05) is 0 Å². The van der Waals surface area contributed by atoms with Crippen molar-refractivity contribution in [3.05, 3.63) is 29.3 Å². The molecule has 4 heteroatoms. The molecule has 0 amide bonds. The van der Waals surface area contributed by atoms with Gasteiger partial charge in [-0.05, 0) is 108 Å². The number of benzene rings is 1. The lowest BCUT2D eigenvalue weighted by molar-refractivity contribution is -0.166. The van der Waals surface area contributed by atoms with Gasteiger partial charge in [-0.25, -0.2) is 4.79 Å². The molecule has 0 saturated heterocycles. The molecule has 0 spiro atoms. The lowest BCUT2D eigenvalue weighted by Crippen LogP contribution is -2.59. The van der Waals surface area contributed by atoms with Crippen molar-refractivity contribution in [2.45, 2.75) is 79.6 Å². The van der Waals surface area contributed by atoms with Crippen LogP contribution < -0.4 is 0 Å². The number of rotatable bonds is 4. The van der Waals surface area contributed by atoms with E-state index >= 15 is 0 Å². The van der Waals surface area contributed by atoms with Gasteiger partial charge in [0.25, 0.3) is 0 Å². The number of aromatic hydroxyl groups is 1. The Morgan fingerprint density at radius 1 is 1.03 bits per heavy atom. The highest BCUT2D eigenvalue weighted by atomic mass is 16.4. The van der Waals surface area contributed by atoms with Crippen LogP contribution in [0.5, 0.6) is 5.75 Å². The van der Waals surface area contributed by atoms with Crippen LogP contribution in [0.3, 0.4) is 0 Å². The Balaban J connectivity index is 1.72. The fourth-order valence-electron chi connectivity index (χ4n) is 8.50. The molecule has 7 atom stereocenters.